The van der Waals surface area contributed by atoms with Crippen molar-refractivity contribution in [3.05, 3.63) is 59.6 Å². The Morgan fingerprint density at radius 1 is 1.15 bits per heavy atom. The minimum absolute atomic E-state index is 0.0812. The molecule has 0 radical (unpaired) electrons. The number of carbonyl (C=O) groups excluding carboxylic acids is 1. The molecule has 0 spiro atoms. The van der Waals surface area contributed by atoms with Crippen molar-refractivity contribution in [3.8, 4) is 5.75 Å². The predicted octanol–water partition coefficient (Wildman–Crippen LogP) is 2.54. The van der Waals surface area contributed by atoms with Crippen molar-refractivity contribution in [2.24, 2.45) is 0 Å². The molecule has 0 aliphatic heterocycles. The van der Waals surface area contributed by atoms with Crippen molar-refractivity contribution in [1.29, 1.82) is 0 Å². The van der Waals surface area contributed by atoms with Crippen LogP contribution in [-0.4, -0.2) is 44.9 Å². The van der Waals surface area contributed by atoms with Crippen LogP contribution in [0.5, 0.6) is 5.75 Å². The molecule has 0 bridgehead atoms. The maximum atomic E-state index is 12.5. The van der Waals surface area contributed by atoms with E-state index in [-0.39, 0.29) is 24.1 Å². The maximum Gasteiger partial charge on any atom is 0.243 e. The lowest BCUT2D eigenvalue weighted by molar-refractivity contribution is -0.121. The highest BCUT2D eigenvalue weighted by Gasteiger charge is 2.23. The van der Waals surface area contributed by atoms with Crippen LogP contribution in [0.3, 0.4) is 0 Å². The number of hydrogen-bond acceptors (Lipinski definition) is 4. The number of ether oxygens (including phenoxy) is 1. The molecule has 26 heavy (non-hydrogen) atoms. The van der Waals surface area contributed by atoms with Crippen LogP contribution < -0.4 is 10.1 Å². The second-order valence-electron chi connectivity index (χ2n) is 5.81. The van der Waals surface area contributed by atoms with Crippen LogP contribution in [0, 0.1) is 0 Å². The second kappa shape index (κ2) is 9.02. The normalized spacial score (nSPS) is 12.6. The third-order valence-electron chi connectivity index (χ3n) is 3.54. The zero-order chi connectivity index (χ0) is 19.2. The van der Waals surface area contributed by atoms with Gasteiger partial charge in [0, 0.05) is 12.1 Å². The lowest BCUT2D eigenvalue weighted by atomic mass is 10.3. The van der Waals surface area contributed by atoms with Gasteiger partial charge >= 0.3 is 0 Å². The van der Waals surface area contributed by atoms with Crippen LogP contribution in [0.2, 0.25) is 5.02 Å². The van der Waals surface area contributed by atoms with Crippen LogP contribution in [0.25, 0.3) is 0 Å². The van der Waals surface area contributed by atoms with Crippen molar-refractivity contribution in [2.75, 3.05) is 20.2 Å². The number of likely N-dealkylation sites (N-methyl/N-ethyl adjacent to an activating group) is 1. The topological polar surface area (TPSA) is 75.7 Å². The van der Waals surface area contributed by atoms with E-state index >= 15 is 0 Å². The summed E-state index contributed by atoms with van der Waals surface area (Å²) in [5.41, 5.74) is 0. The van der Waals surface area contributed by atoms with Crippen molar-refractivity contribution in [2.45, 2.75) is 17.9 Å². The molecular formula is C18H21ClN2O4S. The van der Waals surface area contributed by atoms with Crippen molar-refractivity contribution in [3.63, 3.8) is 0 Å². The number of carbonyl (C=O) groups is 1. The van der Waals surface area contributed by atoms with E-state index in [4.69, 9.17) is 16.3 Å². The molecule has 1 N–H and O–H groups in total. The highest BCUT2D eigenvalue weighted by Crippen LogP contribution is 2.17. The first-order valence-corrected chi connectivity index (χ1v) is 9.80. The van der Waals surface area contributed by atoms with Gasteiger partial charge < -0.3 is 10.1 Å². The third kappa shape index (κ3) is 5.72. The Balaban J connectivity index is 1.86. The summed E-state index contributed by atoms with van der Waals surface area (Å²) in [7, 11) is -2.40. The van der Waals surface area contributed by atoms with E-state index in [0.29, 0.717) is 10.8 Å². The average molecular weight is 397 g/mol. The fourth-order valence-corrected chi connectivity index (χ4v) is 3.43. The first-order chi connectivity index (χ1) is 12.3. The zero-order valence-corrected chi connectivity index (χ0v) is 16.1. The molecular weight excluding hydrogens is 376 g/mol. The van der Waals surface area contributed by atoms with E-state index in [1.54, 1.807) is 6.92 Å². The number of nitrogens with zero attached hydrogens (tertiary/aromatic N) is 1. The van der Waals surface area contributed by atoms with E-state index < -0.39 is 15.9 Å². The van der Waals surface area contributed by atoms with Crippen molar-refractivity contribution in [1.82, 2.24) is 9.62 Å². The van der Waals surface area contributed by atoms with Crippen LogP contribution in [0.1, 0.15) is 6.92 Å². The number of hydrogen-bond donors (Lipinski definition) is 1. The monoisotopic (exact) mass is 396 g/mol. The van der Waals surface area contributed by atoms with E-state index in [0.717, 1.165) is 4.31 Å². The molecule has 8 heteroatoms. The number of benzene rings is 2. The van der Waals surface area contributed by atoms with Gasteiger partial charge in [0.2, 0.25) is 15.9 Å². The van der Waals surface area contributed by atoms with Gasteiger partial charge in [-0.15, -0.1) is 0 Å². The summed E-state index contributed by atoms with van der Waals surface area (Å²) in [6.07, 6.45) is 0. The average Bonchev–Trinajstić information content (AvgIpc) is 2.61. The van der Waals surface area contributed by atoms with E-state index in [2.05, 4.69) is 5.32 Å². The largest absolute Gasteiger partial charge is 0.491 e. The SMILES string of the molecule is CC(COc1ccccc1)NC(=O)CN(C)S(=O)(=O)c1ccc(Cl)cc1. The maximum absolute atomic E-state index is 12.5. The Labute approximate surface area is 158 Å². The highest BCUT2D eigenvalue weighted by molar-refractivity contribution is 7.89. The molecule has 2 aromatic rings. The number of amides is 1. The highest BCUT2D eigenvalue weighted by atomic mass is 35.5. The lowest BCUT2D eigenvalue weighted by Crippen LogP contribution is -2.43. The van der Waals surface area contributed by atoms with Gasteiger partial charge in [-0.05, 0) is 43.3 Å². The summed E-state index contributed by atoms with van der Waals surface area (Å²) in [6, 6.07) is 14.8. The van der Waals surface area contributed by atoms with Crippen LogP contribution in [-0.2, 0) is 14.8 Å². The molecule has 0 aliphatic rings. The number of para-hydroxylation sites is 1. The van der Waals surface area contributed by atoms with Gasteiger partial charge in [0.05, 0.1) is 17.5 Å². The van der Waals surface area contributed by atoms with Gasteiger partial charge in [-0.25, -0.2) is 8.42 Å². The molecule has 0 saturated carbocycles. The first kappa shape index (κ1) is 20.2. The molecule has 0 aliphatic carbocycles. The Hall–Kier alpha value is -2.09. The number of rotatable bonds is 8. The summed E-state index contributed by atoms with van der Waals surface area (Å²) in [6.45, 7) is 1.78. The standard InChI is InChI=1S/C18H21ClN2O4S/c1-14(13-25-16-6-4-3-5-7-16)20-18(22)12-21(2)26(23,24)17-10-8-15(19)9-11-17/h3-11,14H,12-13H2,1-2H3,(H,20,22). The van der Waals surface area contributed by atoms with E-state index in [9.17, 15) is 13.2 Å². The fraction of sp³-hybridized carbons (Fsp3) is 0.278. The Bertz CT molecular complexity index is 826. The lowest BCUT2D eigenvalue weighted by Gasteiger charge is -2.19. The minimum Gasteiger partial charge on any atom is -0.491 e. The molecule has 2 aromatic carbocycles. The molecule has 0 saturated heterocycles. The number of sulfonamides is 1. The predicted molar refractivity (Wildman–Crippen MR) is 101 cm³/mol. The number of halogens is 1. The minimum atomic E-state index is -3.76. The summed E-state index contributed by atoms with van der Waals surface area (Å²) < 4.78 is 31.5. The quantitative estimate of drug-likeness (QED) is 0.744. The fourth-order valence-electron chi connectivity index (χ4n) is 2.17. The molecule has 6 nitrogen and oxygen atoms in total. The van der Waals surface area contributed by atoms with Gasteiger partial charge in [0.15, 0.2) is 0 Å². The first-order valence-electron chi connectivity index (χ1n) is 7.98. The molecule has 1 unspecified atom stereocenters. The summed E-state index contributed by atoms with van der Waals surface area (Å²) in [5, 5.41) is 3.16. The molecule has 0 aromatic heterocycles. The zero-order valence-electron chi connectivity index (χ0n) is 14.6. The second-order valence-corrected chi connectivity index (χ2v) is 8.29. The van der Waals surface area contributed by atoms with Gasteiger partial charge in [-0.2, -0.15) is 4.31 Å². The van der Waals surface area contributed by atoms with Crippen molar-refractivity contribution >= 4 is 27.5 Å². The molecule has 140 valence electrons. The smallest absolute Gasteiger partial charge is 0.243 e. The van der Waals surface area contributed by atoms with E-state index in [1.807, 2.05) is 30.3 Å². The molecule has 1 atom stereocenters. The van der Waals surface area contributed by atoms with E-state index in [1.165, 1.54) is 31.3 Å². The van der Waals surface area contributed by atoms with Gasteiger partial charge in [0.25, 0.3) is 0 Å². The molecule has 2 rings (SSSR count). The van der Waals surface area contributed by atoms with Gasteiger partial charge in [-0.1, -0.05) is 29.8 Å². The molecule has 0 heterocycles. The Morgan fingerprint density at radius 3 is 2.38 bits per heavy atom. The third-order valence-corrected chi connectivity index (χ3v) is 5.61. The number of nitrogens with one attached hydrogen (secondary N) is 1. The summed E-state index contributed by atoms with van der Waals surface area (Å²) in [5.74, 6) is 0.297. The summed E-state index contributed by atoms with van der Waals surface area (Å²) >= 11 is 5.77. The Kier molecular flexibility index (Phi) is 7.02. The molecule has 0 fully saturated rings. The van der Waals surface area contributed by atoms with Gasteiger partial charge in [-0.3, -0.25) is 4.79 Å². The van der Waals surface area contributed by atoms with Gasteiger partial charge in [0.1, 0.15) is 12.4 Å². The van der Waals surface area contributed by atoms with Crippen molar-refractivity contribution < 1.29 is 17.9 Å². The van der Waals surface area contributed by atoms with Crippen LogP contribution in [0.4, 0.5) is 0 Å². The summed E-state index contributed by atoms with van der Waals surface area (Å²) in [4.78, 5) is 12.2. The van der Waals surface area contributed by atoms with Crippen LogP contribution in [0.15, 0.2) is 59.5 Å². The van der Waals surface area contributed by atoms with Crippen LogP contribution >= 0.6 is 11.6 Å². The Morgan fingerprint density at radius 2 is 1.77 bits per heavy atom. The molecule has 1 amide bonds.